The molecule has 2 aliphatic carbocycles. The highest BCUT2D eigenvalue weighted by Gasteiger charge is 2.60. The number of hydrogen-bond acceptors (Lipinski definition) is 4. The van der Waals surface area contributed by atoms with Crippen LogP contribution in [0, 0.1) is 11.3 Å². The van der Waals surface area contributed by atoms with Crippen LogP contribution in [-0.2, 0) is 35.0 Å². The van der Waals surface area contributed by atoms with Crippen molar-refractivity contribution in [3.8, 4) is 16.9 Å². The van der Waals surface area contributed by atoms with Crippen molar-refractivity contribution in [2.45, 2.75) is 64.6 Å². The Morgan fingerprint density at radius 1 is 1.25 bits per heavy atom. The predicted molar refractivity (Wildman–Crippen MR) is 139 cm³/mol. The minimum absolute atomic E-state index is 0.0943. The van der Waals surface area contributed by atoms with E-state index in [4.69, 9.17) is 9.47 Å². The summed E-state index contributed by atoms with van der Waals surface area (Å²) in [5.74, 6) is -0.150. The Balaban J connectivity index is 1.42. The van der Waals surface area contributed by atoms with Gasteiger partial charge in [-0.15, -0.1) is 0 Å². The van der Waals surface area contributed by atoms with Gasteiger partial charge in [-0.1, -0.05) is 39.0 Å². The number of aryl methyl sites for hydroxylation is 2. The normalized spacial score (nSPS) is 21.8. The molecule has 0 saturated heterocycles. The number of aliphatic carboxylic acids is 1. The Kier molecular flexibility index (Phi) is 6.19. The zero-order chi connectivity index (χ0) is 25.7. The minimum Gasteiger partial charge on any atom is -0.489 e. The molecule has 1 fully saturated rings. The van der Waals surface area contributed by atoms with E-state index in [1.807, 2.05) is 30.2 Å². The Morgan fingerprint density at radius 3 is 2.69 bits per heavy atom. The van der Waals surface area contributed by atoms with Crippen molar-refractivity contribution >= 4 is 5.97 Å². The summed E-state index contributed by atoms with van der Waals surface area (Å²) in [5, 5.41) is 14.0. The minimum atomic E-state index is -0.679. The van der Waals surface area contributed by atoms with E-state index in [1.165, 1.54) is 11.1 Å². The van der Waals surface area contributed by atoms with Crippen molar-refractivity contribution in [1.82, 2.24) is 9.78 Å². The van der Waals surface area contributed by atoms with E-state index in [0.29, 0.717) is 6.61 Å². The molecule has 0 radical (unpaired) electrons. The lowest BCUT2D eigenvalue weighted by Crippen LogP contribution is -2.21. The van der Waals surface area contributed by atoms with Crippen LogP contribution in [0.3, 0.4) is 0 Å². The maximum atomic E-state index is 11.7. The fourth-order valence-corrected chi connectivity index (χ4v) is 6.11. The number of carboxylic acid groups (broad SMARTS) is 1. The van der Waals surface area contributed by atoms with Crippen LogP contribution in [0.15, 0.2) is 48.8 Å². The van der Waals surface area contributed by atoms with E-state index in [1.54, 1.807) is 7.11 Å². The van der Waals surface area contributed by atoms with Crippen molar-refractivity contribution in [1.29, 1.82) is 0 Å². The molecule has 1 heterocycles. The Labute approximate surface area is 213 Å². The first-order valence-corrected chi connectivity index (χ1v) is 12.8. The molecule has 2 aliphatic rings. The van der Waals surface area contributed by atoms with Gasteiger partial charge in [-0.05, 0) is 77.1 Å². The molecule has 1 N–H and O–H groups in total. The van der Waals surface area contributed by atoms with Crippen LogP contribution in [0.2, 0.25) is 0 Å². The summed E-state index contributed by atoms with van der Waals surface area (Å²) in [4.78, 5) is 11.7. The molecule has 36 heavy (non-hydrogen) atoms. The molecule has 2 aromatic carbocycles. The van der Waals surface area contributed by atoms with Crippen LogP contribution in [0.25, 0.3) is 11.1 Å². The highest BCUT2D eigenvalue weighted by Crippen LogP contribution is 2.60. The first kappa shape index (κ1) is 24.6. The fraction of sp³-hybridized carbons (Fsp3) is 0.467. The third kappa shape index (κ3) is 4.43. The van der Waals surface area contributed by atoms with Crippen LogP contribution in [0.1, 0.15) is 68.4 Å². The molecule has 5 rings (SSSR count). The molecule has 6 heteroatoms. The van der Waals surface area contributed by atoms with Gasteiger partial charge in [0.15, 0.2) is 0 Å². The molecular weight excluding hydrogens is 452 g/mol. The summed E-state index contributed by atoms with van der Waals surface area (Å²) in [6.45, 7) is 6.97. The van der Waals surface area contributed by atoms with Crippen molar-refractivity contribution in [2.24, 2.45) is 18.4 Å². The topological polar surface area (TPSA) is 73.6 Å². The molecule has 6 nitrogen and oxygen atoms in total. The molecule has 190 valence electrons. The number of ether oxygens (including phenoxy) is 2. The zero-order valence-electron chi connectivity index (χ0n) is 21.9. The number of methoxy groups -OCH3 is 1. The molecule has 1 spiro atoms. The third-order valence-electron chi connectivity index (χ3n) is 7.90. The third-order valence-corrected chi connectivity index (χ3v) is 7.90. The van der Waals surface area contributed by atoms with Crippen LogP contribution >= 0.6 is 0 Å². The molecule has 0 unspecified atom stereocenters. The summed E-state index contributed by atoms with van der Waals surface area (Å²) in [7, 11) is 3.68. The van der Waals surface area contributed by atoms with E-state index >= 15 is 0 Å². The quantitative estimate of drug-likeness (QED) is 0.436. The molecule has 0 amide bonds. The Hall–Kier alpha value is -3.12. The van der Waals surface area contributed by atoms with Crippen LogP contribution in [0.4, 0.5) is 0 Å². The number of fused-ring (bicyclic) bond motifs is 2. The van der Waals surface area contributed by atoms with Gasteiger partial charge < -0.3 is 14.6 Å². The highest BCUT2D eigenvalue weighted by molar-refractivity contribution is 5.78. The molecule has 1 aromatic heterocycles. The number of carbonyl (C=O) groups is 1. The largest absolute Gasteiger partial charge is 0.489 e. The summed E-state index contributed by atoms with van der Waals surface area (Å²) in [5.41, 5.74) is 6.50. The van der Waals surface area contributed by atoms with E-state index < -0.39 is 5.97 Å². The molecule has 0 bridgehead atoms. The Bertz CT molecular complexity index is 1290. The molecule has 3 atom stereocenters. The second-order valence-corrected chi connectivity index (χ2v) is 11.5. The maximum Gasteiger partial charge on any atom is 0.307 e. The second kappa shape index (κ2) is 9.07. The summed E-state index contributed by atoms with van der Waals surface area (Å²) >= 11 is 0. The lowest BCUT2D eigenvalue weighted by atomic mass is 9.78. The monoisotopic (exact) mass is 488 g/mol. The van der Waals surface area contributed by atoms with Crippen LogP contribution in [0.5, 0.6) is 5.75 Å². The number of aromatic nitrogens is 2. The lowest BCUT2D eigenvalue weighted by Gasteiger charge is -2.31. The fourth-order valence-electron chi connectivity index (χ4n) is 6.11. The van der Waals surface area contributed by atoms with Gasteiger partial charge >= 0.3 is 5.97 Å². The van der Waals surface area contributed by atoms with Crippen molar-refractivity contribution < 1.29 is 19.4 Å². The lowest BCUT2D eigenvalue weighted by molar-refractivity contribution is -0.139. The first-order valence-electron chi connectivity index (χ1n) is 12.8. The molecular formula is C30H36N2O4. The standard InChI is InChI=1S/C30H36N2O4/c1-29(2,3)27(35-5)24-13-19(8-11-23(24)21-16-31-32(4)17-21)18-36-22-10-9-20-7-6-12-30(25(20)14-22)15-26(30)28(33)34/h8-11,13-14,16-17,26-27H,6-7,12,15,18H2,1-5H3,(H,33,34)/t26-,27+,30-/m0/s1. The number of rotatable bonds is 7. The van der Waals surface area contributed by atoms with Gasteiger partial charge in [0, 0.05) is 31.3 Å². The zero-order valence-corrected chi connectivity index (χ0v) is 21.9. The summed E-state index contributed by atoms with van der Waals surface area (Å²) < 4.78 is 14.1. The Morgan fingerprint density at radius 2 is 2.06 bits per heavy atom. The predicted octanol–water partition coefficient (Wildman–Crippen LogP) is 6.08. The van der Waals surface area contributed by atoms with Gasteiger partial charge in [-0.3, -0.25) is 9.48 Å². The van der Waals surface area contributed by atoms with Crippen molar-refractivity contribution in [2.75, 3.05) is 7.11 Å². The first-order chi connectivity index (χ1) is 17.1. The second-order valence-electron chi connectivity index (χ2n) is 11.5. The summed E-state index contributed by atoms with van der Waals surface area (Å²) in [6, 6.07) is 12.7. The average Bonchev–Trinajstić information content (AvgIpc) is 3.39. The van der Waals surface area contributed by atoms with E-state index in [2.05, 4.69) is 56.2 Å². The van der Waals surface area contributed by atoms with Crippen LogP contribution in [-0.4, -0.2) is 28.0 Å². The van der Waals surface area contributed by atoms with Gasteiger partial charge in [0.2, 0.25) is 0 Å². The van der Waals surface area contributed by atoms with Crippen LogP contribution < -0.4 is 4.74 Å². The van der Waals surface area contributed by atoms with Crippen molar-refractivity contribution in [3.63, 3.8) is 0 Å². The highest BCUT2D eigenvalue weighted by atomic mass is 16.5. The molecule has 1 saturated carbocycles. The number of nitrogens with zero attached hydrogens (tertiary/aromatic N) is 2. The number of benzene rings is 2. The van der Waals surface area contributed by atoms with Gasteiger partial charge in [0.25, 0.3) is 0 Å². The maximum absolute atomic E-state index is 11.7. The smallest absolute Gasteiger partial charge is 0.307 e. The van der Waals surface area contributed by atoms with Gasteiger partial charge in [-0.25, -0.2) is 0 Å². The molecule has 3 aromatic rings. The summed E-state index contributed by atoms with van der Waals surface area (Å²) in [6.07, 6.45) is 7.56. The van der Waals surface area contributed by atoms with Gasteiger partial charge in [0.05, 0.1) is 18.2 Å². The van der Waals surface area contributed by atoms with E-state index in [9.17, 15) is 9.90 Å². The SMILES string of the molecule is CO[C@H](c1cc(COc2ccc3c(c2)[C@]2(CCC3)C[C@H]2C(=O)O)ccc1-c1cnn(C)c1)C(C)(C)C. The number of carboxylic acids is 1. The van der Waals surface area contributed by atoms with E-state index in [0.717, 1.165) is 53.7 Å². The van der Waals surface area contributed by atoms with Gasteiger partial charge in [-0.2, -0.15) is 5.10 Å². The van der Waals surface area contributed by atoms with E-state index in [-0.39, 0.29) is 22.9 Å². The average molecular weight is 489 g/mol. The van der Waals surface area contributed by atoms with Crippen molar-refractivity contribution in [3.05, 3.63) is 71.0 Å². The molecule has 0 aliphatic heterocycles. The number of hydrogen-bond donors (Lipinski definition) is 1. The van der Waals surface area contributed by atoms with Gasteiger partial charge in [0.1, 0.15) is 12.4 Å².